The molecule has 14 heavy (non-hydrogen) atoms. The lowest BCUT2D eigenvalue weighted by Crippen LogP contribution is -2.22. The van der Waals surface area contributed by atoms with Gasteiger partial charge in [0.1, 0.15) is 0 Å². The minimum Gasteiger partial charge on any atom is -0.420 e. The van der Waals surface area contributed by atoms with Gasteiger partial charge < -0.3 is 10.2 Å². The zero-order valence-electron chi connectivity index (χ0n) is 9.00. The van der Waals surface area contributed by atoms with Crippen molar-refractivity contribution in [1.29, 1.82) is 0 Å². The van der Waals surface area contributed by atoms with E-state index in [1.807, 2.05) is 0 Å². The largest absolute Gasteiger partial charge is 0.420 e. The third-order valence-corrected chi connectivity index (χ3v) is 5.07. The first-order valence-electron chi connectivity index (χ1n) is 5.24. The Morgan fingerprint density at radius 2 is 2.29 bits per heavy atom. The van der Waals surface area contributed by atoms with Gasteiger partial charge in [-0.3, -0.25) is 4.79 Å². The summed E-state index contributed by atoms with van der Waals surface area (Å²) in [7, 11) is -0.626. The van der Waals surface area contributed by atoms with Gasteiger partial charge in [-0.25, -0.2) is 0 Å². The molecule has 1 aliphatic rings. The van der Waals surface area contributed by atoms with Crippen LogP contribution in [-0.2, 0) is 9.22 Å². The Morgan fingerprint density at radius 1 is 1.64 bits per heavy atom. The molecule has 82 valence electrons. The predicted molar refractivity (Wildman–Crippen MR) is 61.6 cm³/mol. The highest BCUT2D eigenvalue weighted by molar-refractivity contribution is 6.51. The number of nitrogens with two attached hydrogens (primary N) is 1. The van der Waals surface area contributed by atoms with Crippen molar-refractivity contribution in [2.45, 2.75) is 38.3 Å². The first-order valence-corrected chi connectivity index (χ1v) is 7.34. The second kappa shape index (κ2) is 8.96. The molecule has 0 saturated carbocycles. The van der Waals surface area contributed by atoms with Crippen LogP contribution < -0.4 is 5.73 Å². The van der Waals surface area contributed by atoms with Crippen molar-refractivity contribution < 1.29 is 9.22 Å². The van der Waals surface area contributed by atoms with Gasteiger partial charge in [-0.2, -0.15) is 0 Å². The molecule has 1 amide bonds. The van der Waals surface area contributed by atoms with E-state index < -0.39 is 14.9 Å². The van der Waals surface area contributed by atoms with E-state index in [4.69, 9.17) is 4.43 Å². The van der Waals surface area contributed by atoms with Crippen molar-refractivity contribution in [3.05, 3.63) is 12.7 Å². The molecular weight excluding hydrogens is 194 g/mol. The van der Waals surface area contributed by atoms with Gasteiger partial charge in [0, 0.05) is 6.61 Å². The lowest BCUT2D eigenvalue weighted by atomic mass is 10.4. The molecule has 0 aromatic heterocycles. The van der Waals surface area contributed by atoms with Crippen LogP contribution in [0.25, 0.3) is 0 Å². The Kier molecular flexibility index (Phi) is 8.57. The van der Waals surface area contributed by atoms with Crippen LogP contribution in [0.2, 0.25) is 12.1 Å². The molecule has 0 aliphatic carbocycles. The van der Waals surface area contributed by atoms with Crippen LogP contribution in [-0.4, -0.2) is 21.6 Å². The van der Waals surface area contributed by atoms with E-state index in [0.29, 0.717) is 0 Å². The normalized spacial score (nSPS) is 20.5. The Bertz CT molecular complexity index is 165. The van der Waals surface area contributed by atoms with Crippen molar-refractivity contribution in [2.24, 2.45) is 5.73 Å². The molecular formula is C10H21NO2Si. The molecule has 1 saturated heterocycles. The molecule has 4 heteroatoms. The maximum Gasteiger partial charge on any atom is 0.240 e. The quantitative estimate of drug-likeness (QED) is 0.574. The molecule has 1 atom stereocenters. The number of hydrogen-bond donors (Lipinski definition) is 1. The lowest BCUT2D eigenvalue weighted by molar-refractivity contribution is -0.113. The van der Waals surface area contributed by atoms with Crippen molar-refractivity contribution in [3.63, 3.8) is 0 Å². The summed E-state index contributed by atoms with van der Waals surface area (Å²) in [6, 6.07) is 2.84. The van der Waals surface area contributed by atoms with E-state index in [0.717, 1.165) is 12.7 Å². The van der Waals surface area contributed by atoms with Gasteiger partial charge in [0.25, 0.3) is 0 Å². The number of hydrogen-bond acceptors (Lipinski definition) is 2. The average Bonchev–Trinajstić information content (AvgIpc) is 2.21. The zero-order chi connectivity index (χ0) is 10.8. The van der Waals surface area contributed by atoms with Crippen LogP contribution in [0, 0.1) is 0 Å². The average molecular weight is 215 g/mol. The number of amides is 1. The smallest absolute Gasteiger partial charge is 0.240 e. The van der Waals surface area contributed by atoms with Gasteiger partial charge in [0.05, 0.1) is 0 Å². The molecule has 2 N–H and O–H groups in total. The second-order valence-corrected chi connectivity index (χ2v) is 6.12. The van der Waals surface area contributed by atoms with Crippen LogP contribution in [0.5, 0.6) is 0 Å². The summed E-state index contributed by atoms with van der Waals surface area (Å²) < 4.78 is 5.66. The van der Waals surface area contributed by atoms with E-state index in [1.165, 1.54) is 31.4 Å². The maximum atomic E-state index is 9.47. The van der Waals surface area contributed by atoms with E-state index in [1.54, 1.807) is 0 Å². The standard InChI is InChI=1S/C7H16OSi.C3H5NO/c1-2-6-9-7-4-3-5-8-9;1-2-3(4)5/h9H,2-7H2,1H3;2H,1H2,(H2,4,5). The molecule has 1 fully saturated rings. The zero-order valence-corrected chi connectivity index (χ0v) is 10.2. The van der Waals surface area contributed by atoms with E-state index in [2.05, 4.69) is 19.2 Å². The Morgan fingerprint density at radius 3 is 2.64 bits per heavy atom. The Balaban J connectivity index is 0.000000292. The number of carbonyl (C=O) groups is 1. The molecule has 0 aromatic rings. The summed E-state index contributed by atoms with van der Waals surface area (Å²) in [5.41, 5.74) is 4.53. The van der Waals surface area contributed by atoms with Gasteiger partial charge in [0.15, 0.2) is 9.04 Å². The highest BCUT2D eigenvalue weighted by Crippen LogP contribution is 2.14. The summed E-state index contributed by atoms with van der Waals surface area (Å²) >= 11 is 0. The highest BCUT2D eigenvalue weighted by atomic mass is 28.3. The maximum absolute atomic E-state index is 9.47. The monoisotopic (exact) mass is 215 g/mol. The summed E-state index contributed by atoms with van der Waals surface area (Å²) in [5, 5.41) is 0. The van der Waals surface area contributed by atoms with Crippen LogP contribution in [0.3, 0.4) is 0 Å². The fourth-order valence-electron chi connectivity index (χ4n) is 1.36. The molecule has 1 unspecified atom stereocenters. The minimum absolute atomic E-state index is 0.481. The molecule has 0 bridgehead atoms. The summed E-state index contributed by atoms with van der Waals surface area (Å²) in [6.45, 7) is 6.41. The molecule has 1 rings (SSSR count). The number of rotatable bonds is 3. The fourth-order valence-corrected chi connectivity index (χ4v) is 3.87. The fraction of sp³-hybridized carbons (Fsp3) is 0.700. The predicted octanol–water partition coefficient (Wildman–Crippen LogP) is 1.59. The lowest BCUT2D eigenvalue weighted by Gasteiger charge is -2.19. The molecule has 0 radical (unpaired) electrons. The highest BCUT2D eigenvalue weighted by Gasteiger charge is 2.13. The van der Waals surface area contributed by atoms with Gasteiger partial charge in [0.2, 0.25) is 5.91 Å². The van der Waals surface area contributed by atoms with Crippen LogP contribution in [0.15, 0.2) is 12.7 Å². The SMILES string of the molecule is C=CC(N)=O.CCC[SiH]1CCCCO1. The molecule has 0 aromatic carbocycles. The molecule has 1 aliphatic heterocycles. The first-order chi connectivity index (χ1) is 6.70. The van der Waals surface area contributed by atoms with E-state index in [9.17, 15) is 4.79 Å². The topological polar surface area (TPSA) is 52.3 Å². The van der Waals surface area contributed by atoms with Gasteiger partial charge >= 0.3 is 0 Å². The Hall–Kier alpha value is -0.613. The van der Waals surface area contributed by atoms with Crippen LogP contribution in [0.1, 0.15) is 26.2 Å². The van der Waals surface area contributed by atoms with Gasteiger partial charge in [-0.15, -0.1) is 0 Å². The second-order valence-electron chi connectivity index (χ2n) is 3.38. The van der Waals surface area contributed by atoms with E-state index in [-0.39, 0.29) is 0 Å². The summed E-state index contributed by atoms with van der Waals surface area (Å²) in [4.78, 5) is 9.47. The number of carbonyl (C=O) groups excluding carboxylic acids is 1. The molecule has 3 nitrogen and oxygen atoms in total. The van der Waals surface area contributed by atoms with Crippen molar-refractivity contribution in [1.82, 2.24) is 0 Å². The summed E-state index contributed by atoms with van der Waals surface area (Å²) in [5.74, 6) is -0.481. The summed E-state index contributed by atoms with van der Waals surface area (Å²) in [6.07, 6.45) is 5.14. The number of primary amides is 1. The van der Waals surface area contributed by atoms with Crippen molar-refractivity contribution >= 4 is 14.9 Å². The molecule has 0 spiro atoms. The van der Waals surface area contributed by atoms with Crippen molar-refractivity contribution in [2.75, 3.05) is 6.61 Å². The van der Waals surface area contributed by atoms with Crippen molar-refractivity contribution in [3.8, 4) is 0 Å². The van der Waals surface area contributed by atoms with Crippen LogP contribution in [0.4, 0.5) is 0 Å². The first kappa shape index (κ1) is 13.4. The third kappa shape index (κ3) is 8.01. The van der Waals surface area contributed by atoms with E-state index >= 15 is 0 Å². The van der Waals surface area contributed by atoms with Crippen LogP contribution >= 0.6 is 0 Å². The van der Waals surface area contributed by atoms with Gasteiger partial charge in [-0.1, -0.05) is 26.3 Å². The molecule has 1 heterocycles. The third-order valence-electron chi connectivity index (χ3n) is 2.09. The Labute approximate surface area is 88.1 Å². The van der Waals surface area contributed by atoms with Gasteiger partial charge in [-0.05, 0) is 24.6 Å². The minimum atomic E-state index is -0.626.